The number of hydrogen-bond donors (Lipinski definition) is 5. The SMILES string of the molecule is CCC(=O)N1CCN(C(=O)Oc2ccc(C[C@H](NC(=O)[C@H]3N(S(=O)(=O)c4cccnc4)CSC3(C)C)C(=O)O)cc2)CC1.CCCNC(=O)N1CCN(C(=O)Oc2ccc(C[C@H](NC(=O)[C@H]3N(S(=O)(=O)c4cccnc4)CSC3(C)C)C(=O)O)cc2)CC1. The van der Waals surface area contributed by atoms with Gasteiger partial charge in [-0.05, 0) is 93.8 Å². The van der Waals surface area contributed by atoms with E-state index in [1.54, 1.807) is 68.7 Å². The highest BCUT2D eigenvalue weighted by Gasteiger charge is 2.53. The summed E-state index contributed by atoms with van der Waals surface area (Å²) in [4.78, 5) is 114. The van der Waals surface area contributed by atoms with Crippen molar-refractivity contribution in [1.29, 1.82) is 0 Å². The molecule has 88 heavy (non-hydrogen) atoms. The first-order valence-electron chi connectivity index (χ1n) is 28.3. The molecule has 0 bridgehead atoms. The molecule has 2 aromatic carbocycles. The van der Waals surface area contributed by atoms with E-state index >= 15 is 0 Å². The van der Waals surface area contributed by atoms with Gasteiger partial charge in [-0.3, -0.25) is 24.4 Å². The van der Waals surface area contributed by atoms with E-state index < -0.39 is 89.6 Å². The molecular formula is C57H73N11O16S4. The monoisotopic (exact) mass is 1300 g/mol. The van der Waals surface area contributed by atoms with Gasteiger partial charge in [0.2, 0.25) is 37.8 Å². The number of nitrogens with zero attached hydrogens (tertiary/aromatic N) is 8. The number of hydrogen-bond acceptors (Lipinski definition) is 18. The van der Waals surface area contributed by atoms with E-state index in [9.17, 15) is 65.4 Å². The summed E-state index contributed by atoms with van der Waals surface area (Å²) in [7, 11) is -8.15. The highest BCUT2D eigenvalue weighted by molar-refractivity contribution is 8.02. The summed E-state index contributed by atoms with van der Waals surface area (Å²) < 4.78 is 64.8. The lowest BCUT2D eigenvalue weighted by Gasteiger charge is -2.34. The molecule has 4 aromatic rings. The number of carbonyl (C=O) groups is 8. The van der Waals surface area contributed by atoms with Crippen LogP contribution in [0.1, 0.15) is 65.5 Å². The lowest BCUT2D eigenvalue weighted by atomic mass is 10.0. The summed E-state index contributed by atoms with van der Waals surface area (Å²) in [6.45, 7) is 14.3. The first-order valence-corrected chi connectivity index (χ1v) is 33.1. The number of aromatic nitrogens is 2. The van der Waals surface area contributed by atoms with Crippen LogP contribution in [0.3, 0.4) is 0 Å². The summed E-state index contributed by atoms with van der Waals surface area (Å²) in [6, 6.07) is 13.1. The second kappa shape index (κ2) is 29.6. The number of rotatable bonds is 19. The minimum absolute atomic E-state index is 0.0181. The standard InChI is InChI=1S/C29H38N6O8S2.C28H35N5O8S2/c1-4-11-31-27(39)33-13-15-34(16-14-33)28(40)43-21-9-7-20(8-10-21)17-23(26(37)38)32-25(36)24-29(2,3)44-19-35(24)45(41,42)22-6-5-12-30-18-22;1-4-23(34)31-12-14-32(15-13-31)27(38)41-20-9-7-19(8-10-20)16-22(26(36)37)30-25(35)24-28(2,3)42-18-33(24)43(39,40)21-6-5-11-29-17-21/h5-10,12,18,23-24H,4,11,13-17,19H2,1-3H3,(H,31,39)(H,32,36)(H,37,38);5-11,17,22,24H,4,12-16,18H2,1-3H3,(H,30,35)(H,36,37)/t23-,24+;22-,24+/m00/s1. The van der Waals surface area contributed by atoms with Crippen molar-refractivity contribution in [3.05, 3.63) is 109 Å². The van der Waals surface area contributed by atoms with Crippen molar-refractivity contribution in [2.45, 2.75) is 111 Å². The summed E-state index contributed by atoms with van der Waals surface area (Å²) in [5.74, 6) is -3.42. The van der Waals surface area contributed by atoms with Gasteiger partial charge in [0.25, 0.3) is 0 Å². The molecular weight excluding hydrogens is 1220 g/mol. The van der Waals surface area contributed by atoms with Crippen molar-refractivity contribution in [3.63, 3.8) is 0 Å². The first-order chi connectivity index (χ1) is 41.7. The van der Waals surface area contributed by atoms with Gasteiger partial charge in [0.15, 0.2) is 0 Å². The molecule has 5 N–H and O–H groups in total. The van der Waals surface area contributed by atoms with Gasteiger partial charge in [-0.15, -0.1) is 23.5 Å². The lowest BCUT2D eigenvalue weighted by Crippen LogP contribution is -2.56. The predicted octanol–water partition coefficient (Wildman–Crippen LogP) is 3.76. The molecule has 4 saturated heterocycles. The number of nitrogens with one attached hydrogen (secondary N) is 3. The normalized spacial score (nSPS) is 19.2. The molecule has 31 heteroatoms. The van der Waals surface area contributed by atoms with E-state index in [0.29, 0.717) is 76.5 Å². The van der Waals surface area contributed by atoms with Crippen molar-refractivity contribution in [3.8, 4) is 11.5 Å². The van der Waals surface area contributed by atoms with Crippen molar-refractivity contribution < 1.29 is 74.9 Å². The molecule has 476 valence electrons. The zero-order valence-electron chi connectivity index (χ0n) is 49.5. The summed E-state index contributed by atoms with van der Waals surface area (Å²) >= 11 is 2.56. The van der Waals surface area contributed by atoms with Gasteiger partial charge in [0.05, 0.1) is 11.8 Å². The van der Waals surface area contributed by atoms with Crippen molar-refractivity contribution in [1.82, 2.24) is 54.1 Å². The van der Waals surface area contributed by atoms with Gasteiger partial charge in [-0.2, -0.15) is 8.61 Å². The molecule has 7 amide bonds. The smallest absolute Gasteiger partial charge is 0.415 e. The highest BCUT2D eigenvalue weighted by atomic mass is 32.2. The van der Waals surface area contributed by atoms with Gasteiger partial charge in [0.1, 0.15) is 45.5 Å². The van der Waals surface area contributed by atoms with Gasteiger partial charge in [-0.25, -0.2) is 40.8 Å². The van der Waals surface area contributed by atoms with E-state index in [4.69, 9.17) is 9.47 Å². The third-order valence-corrected chi connectivity index (χ3v) is 21.6. The summed E-state index contributed by atoms with van der Waals surface area (Å²) in [5.41, 5.74) is 1.10. The number of aliphatic carboxylic acids is 2. The quantitative estimate of drug-likeness (QED) is 0.0892. The fraction of sp³-hybridized carbons (Fsp3) is 0.474. The Morgan fingerprint density at radius 1 is 0.580 bits per heavy atom. The maximum Gasteiger partial charge on any atom is 0.415 e. The third-order valence-electron chi connectivity index (χ3n) is 14.9. The molecule has 2 aromatic heterocycles. The Labute approximate surface area is 519 Å². The topological polar surface area (TPSA) is 345 Å². The van der Waals surface area contributed by atoms with E-state index in [1.807, 2.05) is 6.92 Å². The second-order valence-electron chi connectivity index (χ2n) is 21.9. The van der Waals surface area contributed by atoms with Crippen LogP contribution in [0.2, 0.25) is 0 Å². The molecule has 4 fully saturated rings. The van der Waals surface area contributed by atoms with Crippen LogP contribution in [0.15, 0.2) is 107 Å². The van der Waals surface area contributed by atoms with Crippen LogP contribution in [-0.4, -0.2) is 217 Å². The van der Waals surface area contributed by atoms with E-state index in [1.165, 1.54) is 107 Å². The van der Waals surface area contributed by atoms with Crippen LogP contribution < -0.4 is 25.4 Å². The predicted molar refractivity (Wildman–Crippen MR) is 324 cm³/mol. The Balaban J connectivity index is 0.000000251. The Morgan fingerprint density at radius 2 is 0.955 bits per heavy atom. The van der Waals surface area contributed by atoms with Crippen LogP contribution in [0.4, 0.5) is 14.4 Å². The number of carboxylic acids is 2. The number of ether oxygens (including phenoxy) is 2. The molecule has 0 spiro atoms. The Kier molecular flexibility index (Phi) is 22.9. The van der Waals surface area contributed by atoms with Gasteiger partial charge >= 0.3 is 30.2 Å². The molecule has 0 unspecified atom stereocenters. The number of sulfonamides is 2. The third kappa shape index (κ3) is 17.0. The molecule has 6 heterocycles. The number of pyridine rings is 2. The molecule has 4 atom stereocenters. The minimum Gasteiger partial charge on any atom is -0.480 e. The molecule has 0 radical (unpaired) electrons. The number of amides is 7. The lowest BCUT2D eigenvalue weighted by molar-refractivity contribution is -0.142. The Hall–Kier alpha value is -7.58. The van der Waals surface area contributed by atoms with Crippen LogP contribution in [-0.2, 0) is 56.9 Å². The van der Waals surface area contributed by atoms with Crippen molar-refractivity contribution in [2.75, 3.05) is 70.7 Å². The number of carboxylic acid groups (broad SMARTS) is 2. The van der Waals surface area contributed by atoms with Crippen LogP contribution in [0.25, 0.3) is 0 Å². The summed E-state index contributed by atoms with van der Waals surface area (Å²) in [6.07, 6.45) is 5.26. The average molecular weight is 1300 g/mol. The molecule has 27 nitrogen and oxygen atoms in total. The minimum atomic E-state index is -4.08. The summed E-state index contributed by atoms with van der Waals surface area (Å²) in [5, 5.41) is 27.7. The first kappa shape index (κ1) is 67.9. The highest BCUT2D eigenvalue weighted by Crippen LogP contribution is 2.43. The molecule has 4 aliphatic heterocycles. The van der Waals surface area contributed by atoms with Gasteiger partial charge < -0.3 is 55.2 Å². The molecule has 0 saturated carbocycles. The van der Waals surface area contributed by atoms with E-state index in [2.05, 4.69) is 25.9 Å². The van der Waals surface area contributed by atoms with Crippen LogP contribution >= 0.6 is 23.5 Å². The average Bonchev–Trinajstić information content (AvgIpc) is 3.07. The van der Waals surface area contributed by atoms with E-state index in [-0.39, 0.29) is 57.8 Å². The second-order valence-corrected chi connectivity index (χ2v) is 28.9. The van der Waals surface area contributed by atoms with E-state index in [0.717, 1.165) is 15.0 Å². The maximum absolute atomic E-state index is 13.5. The van der Waals surface area contributed by atoms with Crippen LogP contribution in [0, 0.1) is 0 Å². The van der Waals surface area contributed by atoms with Gasteiger partial charge in [-0.1, -0.05) is 38.1 Å². The van der Waals surface area contributed by atoms with Crippen molar-refractivity contribution in [2.24, 2.45) is 0 Å². The van der Waals surface area contributed by atoms with Gasteiger partial charge in [0, 0.05) is 112 Å². The number of piperazine rings is 2. The number of carbonyl (C=O) groups excluding carboxylic acids is 6. The number of benzene rings is 2. The fourth-order valence-corrected chi connectivity index (χ4v) is 16.2. The van der Waals surface area contributed by atoms with Crippen LogP contribution in [0.5, 0.6) is 11.5 Å². The fourth-order valence-electron chi connectivity index (χ4n) is 9.93. The number of urea groups is 1. The largest absolute Gasteiger partial charge is 0.480 e. The molecule has 4 aliphatic rings. The molecule has 0 aliphatic carbocycles. The Morgan fingerprint density at radius 3 is 1.30 bits per heavy atom. The zero-order valence-corrected chi connectivity index (χ0v) is 52.7. The van der Waals surface area contributed by atoms with Crippen molar-refractivity contribution >= 4 is 91.4 Å². The number of thioether (sulfide) groups is 2. The molecule has 8 rings (SSSR count). The zero-order chi connectivity index (χ0) is 64.1. The Bertz CT molecular complexity index is 3370. The maximum atomic E-state index is 13.5.